The van der Waals surface area contributed by atoms with Gasteiger partial charge in [-0.2, -0.15) is 0 Å². The number of amides is 3. The number of aldehydes is 1. The molecule has 3 fully saturated rings. The fourth-order valence-corrected chi connectivity index (χ4v) is 13.9. The van der Waals surface area contributed by atoms with Gasteiger partial charge in [0.15, 0.2) is 17.1 Å². The first-order chi connectivity index (χ1) is 54.5. The van der Waals surface area contributed by atoms with E-state index in [4.69, 9.17) is 35.5 Å². The van der Waals surface area contributed by atoms with Crippen LogP contribution in [0, 0.1) is 36.4 Å². The molecule has 0 saturated carbocycles. The Morgan fingerprint density at radius 2 is 0.900 bits per heavy atom. The predicted octanol–water partition coefficient (Wildman–Crippen LogP) is 4.41. The quantitative estimate of drug-likeness (QED) is 0.0140. The van der Waals surface area contributed by atoms with Crippen LogP contribution in [0.5, 0.6) is 17.2 Å². The first kappa shape index (κ1) is 113. The van der Waals surface area contributed by atoms with E-state index in [2.05, 4.69) is 36.2 Å². The average Bonchev–Trinajstić information content (AvgIpc) is 0.808. The molecule has 628 valence electrons. The molecular formula is C76H88BF3I2N13NaO18P3Y3. The van der Waals surface area contributed by atoms with E-state index in [9.17, 15) is 75.1 Å². The van der Waals surface area contributed by atoms with Gasteiger partial charge >= 0.3 is 41.5 Å². The number of halogens is 5. The van der Waals surface area contributed by atoms with Crippen LogP contribution in [0.25, 0.3) is 0 Å². The summed E-state index contributed by atoms with van der Waals surface area (Å²) in [6.07, 6.45) is 1.94. The fraction of sp³-hybridized carbons (Fsp3) is 0.355. The summed E-state index contributed by atoms with van der Waals surface area (Å²) >= 11 is 3.97. The molecule has 6 heterocycles. The Hall–Kier alpha value is -4.87. The minimum absolute atomic E-state index is 0. The molecule has 11 rings (SSSR count). The summed E-state index contributed by atoms with van der Waals surface area (Å²) in [5, 5.41) is 27.6. The zero-order valence-electron chi connectivity index (χ0n) is 66.0. The number of nitrogens with one attached hydrogen (secondary N) is 4. The van der Waals surface area contributed by atoms with Crippen molar-refractivity contribution in [2.75, 3.05) is 111 Å². The normalized spacial score (nSPS) is 15.3. The van der Waals surface area contributed by atoms with Gasteiger partial charge in [0.05, 0.1) is 98.5 Å². The molecule has 3 aliphatic rings. The first-order valence-corrected chi connectivity index (χ1v) is 43.7. The van der Waals surface area contributed by atoms with Crippen molar-refractivity contribution in [2.24, 2.45) is 21.1 Å². The maximum Gasteiger partial charge on any atom is 1.00 e. The Balaban J connectivity index is 0.000000845. The van der Waals surface area contributed by atoms with Crippen LogP contribution in [0.2, 0.25) is 0 Å². The van der Waals surface area contributed by atoms with E-state index in [1.807, 2.05) is 55.0 Å². The first-order valence-electron chi connectivity index (χ1n) is 35.2. The van der Waals surface area contributed by atoms with E-state index in [1.165, 1.54) is 108 Å². The number of hydrogen-bond acceptors (Lipinski definition) is 25. The third-order valence-corrected chi connectivity index (χ3v) is 21.9. The SMILES string of the molecule is C.C[PH](=O)CC=O.Cn1c(C2COCCN2)nc(C(=O)NCc2ccc(F)cc2)c(OC(=O)c2ccccc2I)c1=O.Cn1c(C2COCCN2CC[PH](C)=O)nc(C(=O)NCc2ccc(F)cc2)c(O)c1=O.Cn1c(C2COCCN2CC[PH](C)=O)nc(C(=O)NCc2ccc(F)cc2)c(OC(=O)c2ccccc2I)c1=O.[B].[C-]#N.[Na+].[Y].[Y].[Y]. The smallest absolute Gasteiger partial charge is 0.512 e. The van der Waals surface area contributed by atoms with E-state index in [-0.39, 0.29) is 235 Å². The van der Waals surface area contributed by atoms with Crippen LogP contribution in [-0.4, -0.2) is 199 Å². The monoisotopic (exact) mass is 2180 g/mol. The van der Waals surface area contributed by atoms with E-state index >= 15 is 0 Å². The zero-order valence-corrected chi connectivity index (χ0v) is 83.8. The molecule has 6 unspecified atom stereocenters. The summed E-state index contributed by atoms with van der Waals surface area (Å²) in [6, 6.07) is 28.9. The molecule has 44 heteroatoms. The van der Waals surface area contributed by atoms with Crippen molar-refractivity contribution in [1.82, 2.24) is 59.7 Å². The standard InChI is InChI=1S/C27H29FIN4O6P.C24H22FIN4O5.C20H26FN4O5P.C3H7O2P.CN.CH4.B.Na.3Y/c1-32-24(21-16-38-13-11-33(21)12-14-40(2)37)31-22(25(34)30-15-17-7-9-18(28)10-8-17)23(26(32)35)39-27(36)19-5-3-4-6-20(19)29;1-30-21(18-13-34-11-10-27-18)29-19(22(31)28-12-14-6-8-15(25)9-7-14)20(23(30)32)35-24(33)16-4-2-3-5-17(16)26;1-24-18(15-12-30-9-7-25(15)8-10-31(2)29)23-16(17(26)20(24)28)19(27)22-11-13-3-5-14(21)6-4-13;1-6(5)3-2-4;1-2;;;;;;/h3-10,21,40H,11-16H2,1-2H3,(H,30,34);2-9,18,27H,10-13H2,1H3,(H,28,31);3-6,15,26,31H,7-12H2,1-2H3,(H,22,27);2,6H,3H2,1H3;;1H4;;;;;/q;;;;-1;;;+1;;;. The Kier molecular flexibility index (Phi) is 54.4. The van der Waals surface area contributed by atoms with E-state index < -0.39 is 123 Å². The Morgan fingerprint density at radius 1 is 0.558 bits per heavy atom. The molecule has 6 radical (unpaired) electrons. The Labute approximate surface area is 820 Å². The summed E-state index contributed by atoms with van der Waals surface area (Å²) in [5.74, 6) is -5.88. The molecule has 0 bridgehead atoms. The minimum atomic E-state index is -1.73. The number of carbonyl (C=O) groups is 6. The number of carbonyl (C=O) groups excluding carboxylic acids is 6. The maximum absolute atomic E-state index is 13.6. The number of hydrogen-bond donors (Lipinski definition) is 5. The van der Waals surface area contributed by atoms with Crippen LogP contribution in [0.4, 0.5) is 13.2 Å². The van der Waals surface area contributed by atoms with Crippen LogP contribution in [0.15, 0.2) is 136 Å². The number of morpholine rings is 3. The Morgan fingerprint density at radius 3 is 1.24 bits per heavy atom. The van der Waals surface area contributed by atoms with E-state index in [1.54, 1.807) is 68.5 Å². The molecule has 31 nitrogen and oxygen atoms in total. The molecule has 0 aliphatic carbocycles. The van der Waals surface area contributed by atoms with Crippen molar-refractivity contribution in [3.8, 4) is 17.2 Å². The van der Waals surface area contributed by atoms with Crippen molar-refractivity contribution < 1.29 is 212 Å². The van der Waals surface area contributed by atoms with Gasteiger partial charge in [-0.05, 0) is 143 Å². The van der Waals surface area contributed by atoms with Crippen LogP contribution < -0.4 is 77.0 Å². The van der Waals surface area contributed by atoms with Gasteiger partial charge in [0.1, 0.15) is 41.2 Å². The minimum Gasteiger partial charge on any atom is -0.512 e. The van der Waals surface area contributed by atoms with Gasteiger partial charge in [-0.1, -0.05) is 68.1 Å². The third-order valence-electron chi connectivity index (χ3n) is 17.4. The molecule has 8 aromatic rings. The second kappa shape index (κ2) is 57.7. The number of esters is 2. The molecular weight excluding hydrogens is 2090 g/mol. The second-order valence-electron chi connectivity index (χ2n) is 25.5. The molecule has 5 N–H and O–H groups in total. The van der Waals surface area contributed by atoms with Crippen LogP contribution in [0.3, 0.4) is 0 Å². The second-order valence-corrected chi connectivity index (χ2v) is 33.5. The fourth-order valence-electron chi connectivity index (χ4n) is 11.3. The number of nitrogens with zero attached hydrogens (tertiary/aromatic N) is 9. The van der Waals surface area contributed by atoms with Gasteiger partial charge in [-0.3, -0.25) is 52.3 Å². The summed E-state index contributed by atoms with van der Waals surface area (Å²) in [7, 11) is -0.449. The average molecular weight is 2180 g/mol. The number of rotatable bonds is 24. The van der Waals surface area contributed by atoms with Crippen molar-refractivity contribution in [3.63, 3.8) is 0 Å². The van der Waals surface area contributed by atoms with Gasteiger partial charge in [-0.15, -0.1) is 0 Å². The van der Waals surface area contributed by atoms with Gasteiger partial charge in [0, 0.05) is 200 Å². The van der Waals surface area contributed by atoms with Gasteiger partial charge in [0.2, 0.25) is 17.2 Å². The van der Waals surface area contributed by atoms with Crippen molar-refractivity contribution >= 4 is 113 Å². The predicted molar refractivity (Wildman–Crippen MR) is 446 cm³/mol. The molecule has 5 aromatic carbocycles. The molecule has 0 spiro atoms. The van der Waals surface area contributed by atoms with Crippen LogP contribution >= 0.6 is 68.6 Å². The van der Waals surface area contributed by atoms with Gasteiger partial charge in [-0.25, -0.2) is 37.7 Å². The third kappa shape index (κ3) is 33.8. The molecule has 3 aliphatic heterocycles. The number of aromatic hydroxyl groups is 1. The zero-order chi connectivity index (χ0) is 83.3. The molecule has 3 aromatic heterocycles. The molecule has 120 heavy (non-hydrogen) atoms. The number of benzene rings is 5. The van der Waals surface area contributed by atoms with E-state index in [0.29, 0.717) is 95.0 Å². The van der Waals surface area contributed by atoms with Crippen molar-refractivity contribution in [1.29, 1.82) is 5.26 Å². The Bertz CT molecular complexity index is 5040. The number of ether oxygens (including phenoxy) is 5. The topological polar surface area (TPSA) is 403 Å². The maximum atomic E-state index is 13.6. The summed E-state index contributed by atoms with van der Waals surface area (Å²) in [4.78, 5) is 131. The summed E-state index contributed by atoms with van der Waals surface area (Å²) in [6.45, 7) is 14.8. The van der Waals surface area contributed by atoms with Crippen molar-refractivity contribution in [3.05, 3.63) is 246 Å². The van der Waals surface area contributed by atoms with E-state index in [0.717, 1.165) is 0 Å². The van der Waals surface area contributed by atoms with Gasteiger partial charge in [0.25, 0.3) is 34.4 Å². The largest absolute Gasteiger partial charge is 1.00 e. The molecule has 6 atom stereocenters. The van der Waals surface area contributed by atoms with Crippen LogP contribution in [0.1, 0.15) is 112 Å². The van der Waals surface area contributed by atoms with Gasteiger partial charge < -0.3 is 80.4 Å². The summed E-state index contributed by atoms with van der Waals surface area (Å²) < 4.78 is 106. The molecule has 3 amide bonds. The van der Waals surface area contributed by atoms with Crippen LogP contribution in [-0.2, 0) is 172 Å². The van der Waals surface area contributed by atoms with Crippen molar-refractivity contribution in [2.45, 2.75) is 45.2 Å². The summed E-state index contributed by atoms with van der Waals surface area (Å²) in [5.41, 5.74) is -0.805. The molecule has 3 saturated heterocycles. The number of aromatic nitrogens is 6.